The van der Waals surface area contributed by atoms with Crippen molar-refractivity contribution in [3.63, 3.8) is 0 Å². The number of rotatable bonds is 3. The Balaban J connectivity index is 2.39. The summed E-state index contributed by atoms with van der Waals surface area (Å²) in [6.07, 6.45) is 3.05. The fourth-order valence-corrected chi connectivity index (χ4v) is 1.84. The molecule has 0 saturated carbocycles. The molecule has 19 heavy (non-hydrogen) atoms. The van der Waals surface area contributed by atoms with Gasteiger partial charge >= 0.3 is 0 Å². The number of ketones is 1. The van der Waals surface area contributed by atoms with Crippen LogP contribution in [0, 0.1) is 25.2 Å². The highest BCUT2D eigenvalue weighted by atomic mass is 16.3. The first-order chi connectivity index (χ1) is 9.11. The predicted octanol–water partition coefficient (Wildman–Crippen LogP) is 3.69. The summed E-state index contributed by atoms with van der Waals surface area (Å²) < 4.78 is 5.09. The molecular formula is C16H13NO2. The molecule has 0 unspecified atom stereocenters. The Morgan fingerprint density at radius 3 is 2.68 bits per heavy atom. The van der Waals surface area contributed by atoms with Crippen molar-refractivity contribution < 1.29 is 9.21 Å². The maximum Gasteiger partial charge on any atom is 0.207 e. The Bertz CT molecular complexity index is 687. The molecule has 0 aliphatic heterocycles. The smallest absolute Gasteiger partial charge is 0.207 e. The number of hydrogen-bond donors (Lipinski definition) is 0. The number of Topliss-reactive ketones (excluding diaryl/α,β-unsaturated/α-hetero) is 1. The number of nitrogens with zero attached hydrogens (tertiary/aromatic N) is 1. The van der Waals surface area contributed by atoms with Gasteiger partial charge in [-0.2, -0.15) is 5.26 Å². The molecule has 1 aromatic carbocycles. The molecule has 0 radical (unpaired) electrons. The molecule has 0 atom stereocenters. The minimum absolute atomic E-state index is 0.107. The molecule has 3 heteroatoms. The first-order valence-corrected chi connectivity index (χ1v) is 5.89. The van der Waals surface area contributed by atoms with Gasteiger partial charge in [-0.25, -0.2) is 0 Å². The summed E-state index contributed by atoms with van der Waals surface area (Å²) >= 11 is 0. The van der Waals surface area contributed by atoms with E-state index in [4.69, 9.17) is 9.68 Å². The maximum absolute atomic E-state index is 12.2. The van der Waals surface area contributed by atoms with Crippen molar-refractivity contribution in [2.24, 2.45) is 0 Å². The van der Waals surface area contributed by atoms with Crippen molar-refractivity contribution >= 4 is 11.9 Å². The topological polar surface area (TPSA) is 54.0 Å². The zero-order chi connectivity index (χ0) is 13.8. The molecule has 0 fully saturated rings. The third kappa shape index (κ3) is 2.80. The van der Waals surface area contributed by atoms with Gasteiger partial charge in [0.15, 0.2) is 0 Å². The molecule has 0 spiro atoms. The van der Waals surface area contributed by atoms with E-state index < -0.39 is 0 Å². The van der Waals surface area contributed by atoms with E-state index in [2.05, 4.69) is 0 Å². The second kappa shape index (κ2) is 5.36. The SMILES string of the molecule is Cc1cccc(/C=C(\C#N)C(=O)c2ccoc2C)c1. The van der Waals surface area contributed by atoms with Gasteiger partial charge < -0.3 is 4.42 Å². The Kier molecular flexibility index (Phi) is 3.63. The number of aryl methyl sites for hydroxylation is 2. The number of hydrogen-bond acceptors (Lipinski definition) is 3. The minimum Gasteiger partial charge on any atom is -0.469 e. The summed E-state index contributed by atoms with van der Waals surface area (Å²) in [5.41, 5.74) is 2.46. The number of allylic oxidation sites excluding steroid dienone is 1. The molecule has 1 aromatic heterocycles. The minimum atomic E-state index is -0.310. The molecule has 2 rings (SSSR count). The summed E-state index contributed by atoms with van der Waals surface area (Å²) in [6.45, 7) is 3.67. The van der Waals surface area contributed by atoms with E-state index in [1.807, 2.05) is 37.3 Å². The molecular weight excluding hydrogens is 238 g/mol. The number of benzene rings is 1. The van der Waals surface area contributed by atoms with Crippen molar-refractivity contribution in [1.82, 2.24) is 0 Å². The van der Waals surface area contributed by atoms with Gasteiger partial charge in [0.05, 0.1) is 11.8 Å². The Morgan fingerprint density at radius 2 is 2.11 bits per heavy atom. The van der Waals surface area contributed by atoms with Crippen LogP contribution < -0.4 is 0 Å². The van der Waals surface area contributed by atoms with Crippen LogP contribution in [0.3, 0.4) is 0 Å². The molecule has 0 aliphatic carbocycles. The van der Waals surface area contributed by atoms with Crippen LogP contribution in [0.5, 0.6) is 0 Å². The summed E-state index contributed by atoms with van der Waals surface area (Å²) in [6, 6.07) is 11.2. The predicted molar refractivity (Wildman–Crippen MR) is 72.5 cm³/mol. The Labute approximate surface area is 111 Å². The standard InChI is InChI=1S/C16H13NO2/c1-11-4-3-5-13(8-11)9-14(10-17)16(18)15-6-7-19-12(15)2/h3-9H,1-2H3/b14-9+. The van der Waals surface area contributed by atoms with E-state index in [1.165, 1.54) is 6.26 Å². The molecule has 2 aromatic rings. The lowest BCUT2D eigenvalue weighted by Gasteiger charge is -1.99. The van der Waals surface area contributed by atoms with Crippen LogP contribution in [-0.4, -0.2) is 5.78 Å². The lowest BCUT2D eigenvalue weighted by molar-refractivity contribution is 0.103. The van der Waals surface area contributed by atoms with Crippen LogP contribution in [0.25, 0.3) is 6.08 Å². The van der Waals surface area contributed by atoms with Gasteiger partial charge in [0, 0.05) is 0 Å². The summed E-state index contributed by atoms with van der Waals surface area (Å²) in [5, 5.41) is 9.15. The van der Waals surface area contributed by atoms with Crippen molar-refractivity contribution in [2.75, 3.05) is 0 Å². The van der Waals surface area contributed by atoms with Crippen LogP contribution in [-0.2, 0) is 0 Å². The monoisotopic (exact) mass is 251 g/mol. The summed E-state index contributed by atoms with van der Waals surface area (Å²) in [5.74, 6) is 0.214. The zero-order valence-corrected chi connectivity index (χ0v) is 10.8. The molecule has 0 bridgehead atoms. The third-order valence-electron chi connectivity index (χ3n) is 2.82. The van der Waals surface area contributed by atoms with E-state index in [-0.39, 0.29) is 11.4 Å². The average Bonchev–Trinajstić information content (AvgIpc) is 2.81. The van der Waals surface area contributed by atoms with Gasteiger partial charge in [-0.3, -0.25) is 4.79 Å². The highest BCUT2D eigenvalue weighted by molar-refractivity contribution is 6.14. The Hall–Kier alpha value is -2.60. The highest BCUT2D eigenvalue weighted by Crippen LogP contribution is 2.17. The van der Waals surface area contributed by atoms with Gasteiger partial charge in [-0.1, -0.05) is 29.8 Å². The molecule has 0 aliphatic rings. The van der Waals surface area contributed by atoms with Gasteiger partial charge in [-0.05, 0) is 31.6 Å². The second-order valence-electron chi connectivity index (χ2n) is 4.30. The lowest BCUT2D eigenvalue weighted by atomic mass is 10.0. The number of carbonyl (C=O) groups excluding carboxylic acids is 1. The number of nitriles is 1. The third-order valence-corrected chi connectivity index (χ3v) is 2.82. The largest absolute Gasteiger partial charge is 0.469 e. The first kappa shape index (κ1) is 12.8. The lowest BCUT2D eigenvalue weighted by Crippen LogP contribution is -2.02. The van der Waals surface area contributed by atoms with Crippen molar-refractivity contribution in [3.05, 3.63) is 64.6 Å². The first-order valence-electron chi connectivity index (χ1n) is 5.89. The summed E-state index contributed by atoms with van der Waals surface area (Å²) in [7, 11) is 0. The fourth-order valence-electron chi connectivity index (χ4n) is 1.84. The van der Waals surface area contributed by atoms with Crippen LogP contribution in [0.15, 0.2) is 46.6 Å². The van der Waals surface area contributed by atoms with Crippen LogP contribution in [0.2, 0.25) is 0 Å². The quantitative estimate of drug-likeness (QED) is 0.475. The van der Waals surface area contributed by atoms with E-state index in [0.717, 1.165) is 11.1 Å². The molecule has 1 heterocycles. The molecule has 3 nitrogen and oxygen atoms in total. The van der Waals surface area contributed by atoms with E-state index >= 15 is 0 Å². The van der Waals surface area contributed by atoms with E-state index in [1.54, 1.807) is 19.1 Å². The van der Waals surface area contributed by atoms with E-state index in [9.17, 15) is 4.79 Å². The van der Waals surface area contributed by atoms with Crippen LogP contribution in [0.4, 0.5) is 0 Å². The molecule has 94 valence electrons. The van der Waals surface area contributed by atoms with Gasteiger partial charge in [0.25, 0.3) is 0 Å². The second-order valence-corrected chi connectivity index (χ2v) is 4.30. The fraction of sp³-hybridized carbons (Fsp3) is 0.125. The summed E-state index contributed by atoms with van der Waals surface area (Å²) in [4.78, 5) is 12.2. The van der Waals surface area contributed by atoms with Crippen LogP contribution >= 0.6 is 0 Å². The van der Waals surface area contributed by atoms with Crippen molar-refractivity contribution in [2.45, 2.75) is 13.8 Å². The van der Waals surface area contributed by atoms with Gasteiger partial charge in [-0.15, -0.1) is 0 Å². The van der Waals surface area contributed by atoms with Crippen molar-refractivity contribution in [1.29, 1.82) is 5.26 Å². The number of carbonyl (C=O) groups is 1. The molecule has 0 amide bonds. The normalized spacial score (nSPS) is 11.1. The average molecular weight is 251 g/mol. The van der Waals surface area contributed by atoms with Crippen LogP contribution in [0.1, 0.15) is 27.2 Å². The van der Waals surface area contributed by atoms with Crippen molar-refractivity contribution in [3.8, 4) is 6.07 Å². The molecule has 0 N–H and O–H groups in total. The molecule has 0 saturated heterocycles. The van der Waals surface area contributed by atoms with Gasteiger partial charge in [0.2, 0.25) is 5.78 Å². The Morgan fingerprint density at radius 1 is 1.32 bits per heavy atom. The number of furan rings is 1. The van der Waals surface area contributed by atoms with E-state index in [0.29, 0.717) is 11.3 Å². The zero-order valence-electron chi connectivity index (χ0n) is 10.8. The van der Waals surface area contributed by atoms with Gasteiger partial charge in [0.1, 0.15) is 17.4 Å². The highest BCUT2D eigenvalue weighted by Gasteiger charge is 2.16. The maximum atomic E-state index is 12.2.